The van der Waals surface area contributed by atoms with Crippen molar-refractivity contribution in [2.75, 3.05) is 0 Å². The van der Waals surface area contributed by atoms with E-state index in [1.54, 1.807) is 4.90 Å². The highest BCUT2D eigenvalue weighted by molar-refractivity contribution is 6.11. The van der Waals surface area contributed by atoms with Crippen molar-refractivity contribution in [2.24, 2.45) is 17.3 Å². The van der Waals surface area contributed by atoms with Crippen molar-refractivity contribution >= 4 is 44.5 Å². The summed E-state index contributed by atoms with van der Waals surface area (Å²) in [5.74, 6) is 1.98. The van der Waals surface area contributed by atoms with Crippen LogP contribution in [0.3, 0.4) is 0 Å². The standard InChI is InChI=1S/C47H49N3O3/c1-29-21-23-36-35(25-29)40-42-41(33-19-13-14-20-34(33)44(40)53-47(36,5)6)48-37-24-22-32(26-38(37)49-42)45(52)50(28-30-15-9-7-10-16-30)43(31-17-11-8-12-18-31)39(51)27-46(2,3)4/h7-20,22,24,26,29,35-36,43H,21,23,25,27-28H2,1-6H3/t29-,35-,36-,43?/m0/s1. The first-order chi connectivity index (χ1) is 25.4. The Hall–Kier alpha value is -5.10. The monoisotopic (exact) mass is 703 g/mol. The summed E-state index contributed by atoms with van der Waals surface area (Å²) >= 11 is 0. The Morgan fingerprint density at radius 1 is 0.830 bits per heavy atom. The Morgan fingerprint density at radius 2 is 1.49 bits per heavy atom. The largest absolute Gasteiger partial charge is 0.487 e. The highest BCUT2D eigenvalue weighted by Crippen LogP contribution is 2.56. The van der Waals surface area contributed by atoms with Crippen LogP contribution in [0.5, 0.6) is 5.75 Å². The number of rotatable bonds is 7. The summed E-state index contributed by atoms with van der Waals surface area (Å²) in [6.07, 6.45) is 3.71. The van der Waals surface area contributed by atoms with E-state index in [0.29, 0.717) is 35.3 Å². The van der Waals surface area contributed by atoms with Gasteiger partial charge in [0.1, 0.15) is 17.4 Å². The van der Waals surface area contributed by atoms with Crippen LogP contribution in [0, 0.1) is 17.3 Å². The van der Waals surface area contributed by atoms with Gasteiger partial charge in [-0.25, -0.2) is 9.97 Å². The van der Waals surface area contributed by atoms with Gasteiger partial charge in [-0.2, -0.15) is 0 Å². The van der Waals surface area contributed by atoms with E-state index in [4.69, 9.17) is 14.7 Å². The molecule has 0 bridgehead atoms. The summed E-state index contributed by atoms with van der Waals surface area (Å²) in [5, 5.41) is 2.09. The van der Waals surface area contributed by atoms with Crippen LogP contribution in [-0.4, -0.2) is 32.2 Å². The molecular weight excluding hydrogens is 655 g/mol. The van der Waals surface area contributed by atoms with Gasteiger partial charge in [0.15, 0.2) is 5.78 Å². The Balaban J connectivity index is 1.30. The maximum Gasteiger partial charge on any atom is 0.255 e. The van der Waals surface area contributed by atoms with Gasteiger partial charge in [0.05, 0.1) is 22.1 Å². The summed E-state index contributed by atoms with van der Waals surface area (Å²) in [6, 6.07) is 32.8. The lowest BCUT2D eigenvalue weighted by Gasteiger charge is -2.49. The van der Waals surface area contributed by atoms with E-state index in [-0.39, 0.29) is 29.3 Å². The average Bonchev–Trinajstić information content (AvgIpc) is 3.13. The van der Waals surface area contributed by atoms with Crippen LogP contribution < -0.4 is 4.74 Å². The van der Waals surface area contributed by atoms with Gasteiger partial charge in [0, 0.05) is 40.8 Å². The molecule has 1 aliphatic carbocycles. The summed E-state index contributed by atoms with van der Waals surface area (Å²) in [7, 11) is 0. The number of ketones is 1. The van der Waals surface area contributed by atoms with Crippen molar-refractivity contribution in [1.29, 1.82) is 0 Å². The third-order valence-corrected chi connectivity index (χ3v) is 11.5. The highest BCUT2D eigenvalue weighted by atomic mass is 16.5. The maximum absolute atomic E-state index is 14.9. The number of Topliss-reactive ketones (excluding diaryl/α,β-unsaturated/α-hetero) is 1. The number of carbonyl (C=O) groups excluding carboxylic acids is 2. The first kappa shape index (κ1) is 35.0. The number of aromatic nitrogens is 2. The number of benzene rings is 5. The summed E-state index contributed by atoms with van der Waals surface area (Å²) in [6.45, 7) is 13.3. The SMILES string of the molecule is C[C@H]1CC[C@H]2[C@H](C1)c1c(c3ccccc3c3nc4ccc(C(=O)N(Cc5ccccc5)C(C(=O)CC(C)(C)C)c5ccccc5)cc4nc13)OC2(C)C. The Morgan fingerprint density at radius 3 is 2.21 bits per heavy atom. The van der Waals surface area contributed by atoms with Crippen molar-refractivity contribution in [3.05, 3.63) is 125 Å². The number of nitrogens with zero attached hydrogens (tertiary/aromatic N) is 3. The van der Waals surface area contributed by atoms with Crippen LogP contribution >= 0.6 is 0 Å². The Labute approximate surface area is 312 Å². The number of hydrogen-bond acceptors (Lipinski definition) is 5. The van der Waals surface area contributed by atoms with E-state index in [2.05, 4.69) is 59.7 Å². The van der Waals surface area contributed by atoms with Crippen LogP contribution in [0.15, 0.2) is 103 Å². The minimum absolute atomic E-state index is 0.0113. The first-order valence-electron chi connectivity index (χ1n) is 19.2. The molecule has 6 aromatic rings. The molecule has 53 heavy (non-hydrogen) atoms. The van der Waals surface area contributed by atoms with Gasteiger partial charge in [0.2, 0.25) is 0 Å². The maximum atomic E-state index is 14.9. The van der Waals surface area contributed by atoms with Crippen LogP contribution in [0.4, 0.5) is 0 Å². The highest BCUT2D eigenvalue weighted by Gasteiger charge is 2.47. The van der Waals surface area contributed by atoms with Crippen molar-refractivity contribution in [2.45, 2.75) is 91.3 Å². The van der Waals surface area contributed by atoms with Gasteiger partial charge in [0.25, 0.3) is 5.91 Å². The van der Waals surface area contributed by atoms with Crippen LogP contribution in [0.25, 0.3) is 32.8 Å². The smallest absolute Gasteiger partial charge is 0.255 e. The molecule has 1 aliphatic heterocycles. The molecule has 1 aromatic heterocycles. The second kappa shape index (κ2) is 13.4. The lowest BCUT2D eigenvalue weighted by Crippen LogP contribution is -2.46. The molecule has 0 spiro atoms. The van der Waals surface area contributed by atoms with Crippen LogP contribution in [-0.2, 0) is 11.3 Å². The van der Waals surface area contributed by atoms with Crippen LogP contribution in [0.1, 0.15) is 106 Å². The summed E-state index contributed by atoms with van der Waals surface area (Å²) < 4.78 is 6.97. The Kier molecular flexibility index (Phi) is 8.83. The second-order valence-corrected chi connectivity index (χ2v) is 17.2. The van der Waals surface area contributed by atoms with Gasteiger partial charge in [-0.05, 0) is 73.3 Å². The minimum Gasteiger partial charge on any atom is -0.487 e. The minimum atomic E-state index is -0.759. The zero-order valence-corrected chi connectivity index (χ0v) is 31.7. The molecule has 270 valence electrons. The molecule has 8 rings (SSSR count). The van der Waals surface area contributed by atoms with E-state index in [1.165, 1.54) is 6.42 Å². The molecule has 6 nitrogen and oxygen atoms in total. The number of fused-ring (bicyclic) bond motifs is 9. The molecule has 4 atom stereocenters. The van der Waals surface area contributed by atoms with E-state index in [0.717, 1.165) is 62.6 Å². The van der Waals surface area contributed by atoms with Gasteiger partial charge in [-0.3, -0.25) is 9.59 Å². The molecule has 6 heteroatoms. The second-order valence-electron chi connectivity index (χ2n) is 17.2. The number of ether oxygens (including phenoxy) is 1. The van der Waals surface area contributed by atoms with E-state index in [9.17, 15) is 9.59 Å². The molecular formula is C47H49N3O3. The Bertz CT molecular complexity index is 2350. The van der Waals surface area contributed by atoms with Gasteiger partial charge < -0.3 is 9.64 Å². The topological polar surface area (TPSA) is 72.4 Å². The van der Waals surface area contributed by atoms with Crippen molar-refractivity contribution < 1.29 is 14.3 Å². The van der Waals surface area contributed by atoms with Crippen molar-refractivity contribution in [3.8, 4) is 5.75 Å². The van der Waals surface area contributed by atoms with Gasteiger partial charge in [-0.1, -0.05) is 119 Å². The molecule has 0 saturated heterocycles. The molecule has 0 radical (unpaired) electrons. The number of amides is 1. The third-order valence-electron chi connectivity index (χ3n) is 11.5. The zero-order valence-electron chi connectivity index (χ0n) is 31.7. The molecule has 2 aliphatic rings. The van der Waals surface area contributed by atoms with Crippen molar-refractivity contribution in [3.63, 3.8) is 0 Å². The molecule has 5 aromatic carbocycles. The fraction of sp³-hybridized carbons (Fsp3) is 0.362. The predicted octanol–water partition coefficient (Wildman–Crippen LogP) is 11.0. The van der Waals surface area contributed by atoms with E-state index >= 15 is 0 Å². The van der Waals surface area contributed by atoms with Crippen molar-refractivity contribution in [1.82, 2.24) is 14.9 Å². The molecule has 1 unspecified atom stereocenters. The lowest BCUT2D eigenvalue weighted by molar-refractivity contribution is -0.125. The van der Waals surface area contributed by atoms with Crippen LogP contribution in [0.2, 0.25) is 0 Å². The lowest BCUT2D eigenvalue weighted by atomic mass is 9.64. The fourth-order valence-electron chi connectivity index (χ4n) is 9.05. The van der Waals surface area contributed by atoms with Gasteiger partial charge >= 0.3 is 0 Å². The molecule has 1 amide bonds. The van der Waals surface area contributed by atoms with E-state index in [1.807, 2.05) is 84.9 Å². The van der Waals surface area contributed by atoms with E-state index < -0.39 is 6.04 Å². The molecule has 1 fully saturated rings. The predicted molar refractivity (Wildman–Crippen MR) is 213 cm³/mol. The van der Waals surface area contributed by atoms with Gasteiger partial charge in [-0.15, -0.1) is 0 Å². The zero-order chi connectivity index (χ0) is 37.1. The third kappa shape index (κ3) is 6.58. The number of hydrogen-bond donors (Lipinski definition) is 0. The summed E-state index contributed by atoms with van der Waals surface area (Å²) in [5.41, 5.74) is 5.94. The quantitative estimate of drug-likeness (QED) is 0.122. The summed E-state index contributed by atoms with van der Waals surface area (Å²) in [4.78, 5) is 41.7. The molecule has 2 heterocycles. The number of carbonyl (C=O) groups is 2. The first-order valence-corrected chi connectivity index (χ1v) is 19.2. The normalized spacial score (nSPS) is 20.0. The molecule has 0 N–H and O–H groups in total. The molecule has 1 saturated carbocycles. The fourth-order valence-corrected chi connectivity index (χ4v) is 9.05. The average molecular weight is 704 g/mol.